The molecule has 18 heavy (non-hydrogen) atoms. The predicted molar refractivity (Wildman–Crippen MR) is 77.6 cm³/mol. The first kappa shape index (κ1) is 12.0. The van der Waals surface area contributed by atoms with Gasteiger partial charge in [0.1, 0.15) is 10.4 Å². The van der Waals surface area contributed by atoms with Gasteiger partial charge in [0.15, 0.2) is 0 Å². The number of nitrogens with zero attached hydrogens (tertiary/aromatic N) is 2. The molecule has 3 heteroatoms. The van der Waals surface area contributed by atoms with Crippen LogP contribution >= 0.6 is 15.9 Å². The Bertz CT molecular complexity index is 569. The molecule has 2 aromatic rings. The molecule has 94 valence electrons. The summed E-state index contributed by atoms with van der Waals surface area (Å²) in [7, 11) is 0. The summed E-state index contributed by atoms with van der Waals surface area (Å²) in [6.07, 6.45) is 2.37. The van der Waals surface area contributed by atoms with E-state index in [2.05, 4.69) is 58.6 Å². The van der Waals surface area contributed by atoms with Crippen molar-refractivity contribution in [3.8, 4) is 11.4 Å². The van der Waals surface area contributed by atoms with Crippen molar-refractivity contribution in [1.82, 2.24) is 9.55 Å². The number of hydrogen-bond donors (Lipinski definition) is 0. The molecule has 2 heterocycles. The van der Waals surface area contributed by atoms with Crippen LogP contribution in [0.4, 0.5) is 0 Å². The molecule has 0 bridgehead atoms. The highest BCUT2D eigenvalue weighted by atomic mass is 79.9. The number of hydrogen-bond acceptors (Lipinski definition) is 1. The van der Waals surface area contributed by atoms with Crippen molar-refractivity contribution in [1.29, 1.82) is 0 Å². The highest BCUT2D eigenvalue weighted by Gasteiger charge is 2.22. The number of imidazole rings is 1. The summed E-state index contributed by atoms with van der Waals surface area (Å²) in [6.45, 7) is 5.51. The minimum absolute atomic E-state index is 0.761. The zero-order chi connectivity index (χ0) is 12.7. The summed E-state index contributed by atoms with van der Waals surface area (Å²) in [5.74, 6) is 1.86. The fourth-order valence-corrected chi connectivity index (χ4v) is 3.14. The van der Waals surface area contributed by atoms with Crippen molar-refractivity contribution < 1.29 is 0 Å². The van der Waals surface area contributed by atoms with E-state index in [0.29, 0.717) is 0 Å². The molecule has 1 aliphatic heterocycles. The maximum absolute atomic E-state index is 4.71. The first-order valence-electron chi connectivity index (χ1n) is 6.47. The van der Waals surface area contributed by atoms with E-state index in [1.54, 1.807) is 0 Å². The first-order valence-corrected chi connectivity index (χ1v) is 7.26. The topological polar surface area (TPSA) is 17.8 Å². The maximum Gasteiger partial charge on any atom is 0.141 e. The second-order valence-electron chi connectivity index (χ2n) is 5.29. The highest BCUT2D eigenvalue weighted by Crippen LogP contribution is 2.32. The van der Waals surface area contributed by atoms with Gasteiger partial charge in [-0.05, 0) is 41.6 Å². The quantitative estimate of drug-likeness (QED) is 0.772. The lowest BCUT2D eigenvalue weighted by atomic mass is 9.98. The number of benzene rings is 1. The molecule has 3 rings (SSSR count). The molecule has 0 radical (unpaired) electrons. The maximum atomic E-state index is 4.71. The van der Waals surface area contributed by atoms with Crippen molar-refractivity contribution in [2.75, 3.05) is 0 Å². The van der Waals surface area contributed by atoms with Crippen LogP contribution in [-0.2, 0) is 13.0 Å². The second-order valence-corrected chi connectivity index (χ2v) is 6.04. The average molecular weight is 305 g/mol. The van der Waals surface area contributed by atoms with Gasteiger partial charge in [-0.25, -0.2) is 4.98 Å². The van der Waals surface area contributed by atoms with E-state index in [0.717, 1.165) is 29.3 Å². The van der Waals surface area contributed by atoms with Crippen LogP contribution in [0.5, 0.6) is 0 Å². The van der Waals surface area contributed by atoms with Gasteiger partial charge >= 0.3 is 0 Å². The number of halogens is 1. The van der Waals surface area contributed by atoms with Gasteiger partial charge in [0.2, 0.25) is 0 Å². The molecule has 0 aliphatic carbocycles. The monoisotopic (exact) mass is 304 g/mol. The Hall–Kier alpha value is -1.09. The zero-order valence-electron chi connectivity index (χ0n) is 10.8. The van der Waals surface area contributed by atoms with Gasteiger partial charge in [-0.15, -0.1) is 0 Å². The fraction of sp³-hybridized carbons (Fsp3) is 0.400. The van der Waals surface area contributed by atoms with Gasteiger partial charge in [-0.2, -0.15) is 0 Å². The van der Waals surface area contributed by atoms with Gasteiger partial charge in [0, 0.05) is 12.1 Å². The Balaban J connectivity index is 2.08. The van der Waals surface area contributed by atoms with Gasteiger partial charge in [-0.3, -0.25) is 0 Å². The lowest BCUT2D eigenvalue weighted by molar-refractivity contribution is 0.418. The summed E-state index contributed by atoms with van der Waals surface area (Å²) < 4.78 is 3.39. The molecule has 1 unspecified atom stereocenters. The Morgan fingerprint density at radius 2 is 2.00 bits per heavy atom. The molecule has 1 aliphatic rings. The van der Waals surface area contributed by atoms with Crippen LogP contribution in [-0.4, -0.2) is 9.55 Å². The van der Waals surface area contributed by atoms with Gasteiger partial charge < -0.3 is 4.57 Å². The molecular formula is C15H17BrN2. The highest BCUT2D eigenvalue weighted by molar-refractivity contribution is 9.10. The smallest absolute Gasteiger partial charge is 0.141 e. The standard InChI is InChI=1S/C15H17BrN2/c1-10-3-5-12(6-4-10)15-17-14(16)13-9-11(2)7-8-18(13)15/h3-6,11H,7-9H2,1-2H3. The van der Waals surface area contributed by atoms with Crippen LogP contribution in [0.25, 0.3) is 11.4 Å². The normalized spacial score (nSPS) is 18.7. The van der Waals surface area contributed by atoms with E-state index in [1.807, 2.05) is 0 Å². The van der Waals surface area contributed by atoms with Crippen LogP contribution in [0, 0.1) is 12.8 Å². The Labute approximate surface area is 116 Å². The minimum atomic E-state index is 0.761. The molecule has 1 atom stereocenters. The Morgan fingerprint density at radius 3 is 2.72 bits per heavy atom. The van der Waals surface area contributed by atoms with Crippen molar-refractivity contribution in [3.05, 3.63) is 40.1 Å². The molecule has 1 aromatic carbocycles. The SMILES string of the molecule is Cc1ccc(-c2nc(Br)c3n2CCC(C)C3)cc1. The number of fused-ring (bicyclic) bond motifs is 1. The first-order chi connectivity index (χ1) is 8.65. The predicted octanol–water partition coefficient (Wildman–Crippen LogP) is 4.20. The van der Waals surface area contributed by atoms with Crippen molar-refractivity contribution in [2.45, 2.75) is 33.2 Å². The van der Waals surface area contributed by atoms with Crippen LogP contribution in [0.1, 0.15) is 24.6 Å². The van der Waals surface area contributed by atoms with Crippen LogP contribution in [0.3, 0.4) is 0 Å². The van der Waals surface area contributed by atoms with E-state index in [9.17, 15) is 0 Å². The largest absolute Gasteiger partial charge is 0.327 e. The number of rotatable bonds is 1. The summed E-state index contributed by atoms with van der Waals surface area (Å²) in [4.78, 5) is 4.71. The summed E-state index contributed by atoms with van der Waals surface area (Å²) >= 11 is 3.61. The van der Waals surface area contributed by atoms with Crippen LogP contribution in [0.2, 0.25) is 0 Å². The minimum Gasteiger partial charge on any atom is -0.327 e. The molecule has 1 aromatic heterocycles. The molecule has 0 fully saturated rings. The lowest BCUT2D eigenvalue weighted by Crippen LogP contribution is -2.17. The third-order valence-corrected chi connectivity index (χ3v) is 4.36. The summed E-state index contributed by atoms with van der Waals surface area (Å²) in [6, 6.07) is 8.62. The van der Waals surface area contributed by atoms with Gasteiger partial charge in [-0.1, -0.05) is 36.8 Å². The molecule has 0 N–H and O–H groups in total. The summed E-state index contributed by atoms with van der Waals surface area (Å²) in [5.41, 5.74) is 3.85. The Kier molecular flexibility index (Phi) is 3.02. The number of aromatic nitrogens is 2. The zero-order valence-corrected chi connectivity index (χ0v) is 12.4. The summed E-state index contributed by atoms with van der Waals surface area (Å²) in [5, 5.41) is 0. The molecule has 0 amide bonds. The third-order valence-electron chi connectivity index (χ3n) is 3.72. The Morgan fingerprint density at radius 1 is 1.28 bits per heavy atom. The van der Waals surface area contributed by atoms with E-state index in [4.69, 9.17) is 4.98 Å². The molecule has 2 nitrogen and oxygen atoms in total. The molecule has 0 saturated heterocycles. The van der Waals surface area contributed by atoms with E-state index in [1.165, 1.54) is 23.2 Å². The fourth-order valence-electron chi connectivity index (χ4n) is 2.60. The van der Waals surface area contributed by atoms with Crippen molar-refractivity contribution >= 4 is 15.9 Å². The van der Waals surface area contributed by atoms with Crippen molar-refractivity contribution in [3.63, 3.8) is 0 Å². The average Bonchev–Trinajstić information content (AvgIpc) is 2.68. The second kappa shape index (κ2) is 4.54. The van der Waals surface area contributed by atoms with E-state index >= 15 is 0 Å². The van der Waals surface area contributed by atoms with Gasteiger partial charge in [0.05, 0.1) is 5.69 Å². The van der Waals surface area contributed by atoms with E-state index < -0.39 is 0 Å². The molecule has 0 saturated carbocycles. The third kappa shape index (κ3) is 2.01. The number of aryl methyl sites for hydroxylation is 1. The van der Waals surface area contributed by atoms with Crippen LogP contribution in [0.15, 0.2) is 28.9 Å². The van der Waals surface area contributed by atoms with Crippen LogP contribution < -0.4 is 0 Å². The molecule has 0 spiro atoms. The van der Waals surface area contributed by atoms with Gasteiger partial charge in [0.25, 0.3) is 0 Å². The van der Waals surface area contributed by atoms with Crippen molar-refractivity contribution in [2.24, 2.45) is 5.92 Å². The lowest BCUT2D eigenvalue weighted by Gasteiger charge is -2.22. The molecular weight excluding hydrogens is 288 g/mol. The van der Waals surface area contributed by atoms with E-state index in [-0.39, 0.29) is 0 Å².